The van der Waals surface area contributed by atoms with Crippen molar-refractivity contribution in [3.63, 3.8) is 0 Å². The maximum absolute atomic E-state index is 9.61. The van der Waals surface area contributed by atoms with Gasteiger partial charge in [-0.15, -0.1) is 0 Å². The molecule has 0 amide bonds. The van der Waals surface area contributed by atoms with Gasteiger partial charge >= 0.3 is 0 Å². The van der Waals surface area contributed by atoms with Crippen LogP contribution in [-0.4, -0.2) is 34.3 Å². The molecule has 124 valence electrons. The monoisotopic (exact) mass is 316 g/mol. The molecule has 1 fully saturated rings. The molecule has 0 unspecified atom stereocenters. The van der Waals surface area contributed by atoms with E-state index in [1.54, 1.807) is 6.07 Å². The van der Waals surface area contributed by atoms with E-state index in [1.807, 2.05) is 12.1 Å². The second-order valence-corrected chi connectivity index (χ2v) is 6.04. The Kier molecular flexibility index (Phi) is 5.33. The topological polar surface area (TPSA) is 68.9 Å². The van der Waals surface area contributed by atoms with Crippen molar-refractivity contribution in [1.29, 1.82) is 0 Å². The molecule has 1 aromatic carbocycles. The predicted octanol–water partition coefficient (Wildman–Crippen LogP) is 2.34. The molecule has 1 aliphatic heterocycles. The number of rotatable bonds is 6. The number of hydrogen-bond acceptors (Lipinski definition) is 5. The molecule has 1 saturated heterocycles. The molecule has 0 spiro atoms. The molecule has 0 aliphatic carbocycles. The number of piperidine rings is 1. The molecule has 0 bridgehead atoms. The number of para-hydroxylation sites is 1. The van der Waals surface area contributed by atoms with Crippen LogP contribution in [0, 0.1) is 0 Å². The Morgan fingerprint density at radius 2 is 1.83 bits per heavy atom. The van der Waals surface area contributed by atoms with Gasteiger partial charge in [0.15, 0.2) is 0 Å². The summed E-state index contributed by atoms with van der Waals surface area (Å²) >= 11 is 0. The molecule has 0 radical (unpaired) electrons. The lowest BCUT2D eigenvalue weighted by Gasteiger charge is -2.30. The first-order chi connectivity index (χ1) is 11.2. The summed E-state index contributed by atoms with van der Waals surface area (Å²) in [5.41, 5.74) is 2.35. The van der Waals surface area contributed by atoms with E-state index in [0.29, 0.717) is 12.3 Å². The highest BCUT2D eigenvalue weighted by molar-refractivity contribution is 5.51. The van der Waals surface area contributed by atoms with Gasteiger partial charge in [0.2, 0.25) is 0 Å². The first-order valence-electron chi connectivity index (χ1n) is 8.15. The smallest absolute Gasteiger partial charge is 0.129 e. The summed E-state index contributed by atoms with van der Waals surface area (Å²) in [7, 11) is 0. The summed E-state index contributed by atoms with van der Waals surface area (Å²) in [6, 6.07) is 12.0. The number of nitrogens with one attached hydrogen (secondary N) is 1. The summed E-state index contributed by atoms with van der Waals surface area (Å²) in [5.74, 6) is 1.40. The van der Waals surface area contributed by atoms with Crippen LogP contribution < -0.4 is 5.32 Å². The van der Waals surface area contributed by atoms with E-state index in [-0.39, 0.29) is 12.7 Å². The molecule has 2 aromatic rings. The molecule has 3 rings (SSSR count). The van der Waals surface area contributed by atoms with Crippen molar-refractivity contribution in [2.75, 3.05) is 18.4 Å². The van der Waals surface area contributed by atoms with Crippen LogP contribution in [0.4, 0.5) is 5.69 Å². The maximum Gasteiger partial charge on any atom is 0.129 e. The third kappa shape index (κ3) is 4.34. The van der Waals surface area contributed by atoms with Crippen LogP contribution in [0.25, 0.3) is 0 Å². The van der Waals surface area contributed by atoms with Gasteiger partial charge < -0.3 is 19.9 Å². The lowest BCUT2D eigenvalue weighted by atomic mass is 10.1. The van der Waals surface area contributed by atoms with Gasteiger partial charge in [-0.05, 0) is 36.6 Å². The van der Waals surface area contributed by atoms with E-state index in [9.17, 15) is 5.11 Å². The largest absolute Gasteiger partial charge is 0.462 e. The van der Waals surface area contributed by atoms with Crippen molar-refractivity contribution in [2.24, 2.45) is 0 Å². The van der Waals surface area contributed by atoms with Gasteiger partial charge in [0.25, 0.3) is 0 Å². The third-order valence-corrected chi connectivity index (χ3v) is 4.29. The lowest BCUT2D eigenvalue weighted by molar-refractivity contribution is 0.0793. The molecule has 23 heavy (non-hydrogen) atoms. The van der Waals surface area contributed by atoms with Crippen molar-refractivity contribution < 1.29 is 14.6 Å². The molecular weight excluding hydrogens is 292 g/mol. The average molecular weight is 316 g/mol. The average Bonchev–Trinajstić information content (AvgIpc) is 3.04. The highest BCUT2D eigenvalue weighted by atomic mass is 16.4. The van der Waals surface area contributed by atoms with Crippen LogP contribution in [0.15, 0.2) is 40.8 Å². The van der Waals surface area contributed by atoms with Crippen LogP contribution in [0.3, 0.4) is 0 Å². The second kappa shape index (κ2) is 7.64. The zero-order valence-electron chi connectivity index (χ0n) is 13.2. The molecule has 2 heterocycles. The summed E-state index contributed by atoms with van der Waals surface area (Å²) < 4.78 is 5.51. The Bertz CT molecular complexity index is 618. The number of nitrogens with zero attached hydrogens (tertiary/aromatic N) is 1. The number of aliphatic hydroxyl groups is 2. The second-order valence-electron chi connectivity index (χ2n) is 6.04. The Morgan fingerprint density at radius 3 is 2.57 bits per heavy atom. The molecule has 1 aromatic heterocycles. The van der Waals surface area contributed by atoms with E-state index in [1.165, 1.54) is 5.56 Å². The van der Waals surface area contributed by atoms with Crippen LogP contribution in [-0.2, 0) is 19.7 Å². The van der Waals surface area contributed by atoms with Crippen molar-refractivity contribution in [3.8, 4) is 0 Å². The molecule has 5 nitrogen and oxygen atoms in total. The van der Waals surface area contributed by atoms with Gasteiger partial charge in [-0.1, -0.05) is 18.2 Å². The molecule has 5 heteroatoms. The van der Waals surface area contributed by atoms with Gasteiger partial charge in [-0.25, -0.2) is 0 Å². The highest BCUT2D eigenvalue weighted by Crippen LogP contribution is 2.21. The van der Waals surface area contributed by atoms with Crippen LogP contribution >= 0.6 is 0 Å². The SMILES string of the molecule is OCc1ccc(CNc2ccccc2CN2CCC(O)CC2)o1. The van der Waals surface area contributed by atoms with Crippen LogP contribution in [0.5, 0.6) is 0 Å². The number of anilines is 1. The highest BCUT2D eigenvalue weighted by Gasteiger charge is 2.17. The van der Waals surface area contributed by atoms with Crippen molar-refractivity contribution in [1.82, 2.24) is 4.90 Å². The minimum absolute atomic E-state index is 0.0720. The molecule has 0 saturated carbocycles. The normalized spacial score (nSPS) is 16.6. The standard InChI is InChI=1S/C18H24N2O3/c21-13-17-6-5-16(23-17)11-19-18-4-2-1-3-14(18)12-20-9-7-15(22)8-10-20/h1-6,15,19,21-22H,7-13H2. The molecular formula is C18H24N2O3. The Hall–Kier alpha value is -1.82. The van der Waals surface area contributed by atoms with Gasteiger partial charge in [-0.3, -0.25) is 4.90 Å². The molecule has 0 atom stereocenters. The number of benzene rings is 1. The van der Waals surface area contributed by atoms with E-state index in [2.05, 4.69) is 28.4 Å². The molecule has 3 N–H and O–H groups in total. The minimum atomic E-state index is -0.140. The first kappa shape index (κ1) is 16.1. The lowest BCUT2D eigenvalue weighted by Crippen LogP contribution is -2.35. The number of furan rings is 1. The van der Waals surface area contributed by atoms with E-state index in [0.717, 1.165) is 43.9 Å². The van der Waals surface area contributed by atoms with Gasteiger partial charge in [0.05, 0.1) is 12.6 Å². The summed E-state index contributed by atoms with van der Waals surface area (Å²) in [4.78, 5) is 2.38. The van der Waals surface area contributed by atoms with Gasteiger partial charge in [0, 0.05) is 25.3 Å². The van der Waals surface area contributed by atoms with E-state index < -0.39 is 0 Å². The van der Waals surface area contributed by atoms with Crippen molar-refractivity contribution in [2.45, 2.75) is 38.6 Å². The van der Waals surface area contributed by atoms with Crippen LogP contribution in [0.2, 0.25) is 0 Å². The quantitative estimate of drug-likeness (QED) is 0.763. The third-order valence-electron chi connectivity index (χ3n) is 4.29. The zero-order valence-corrected chi connectivity index (χ0v) is 13.2. The summed E-state index contributed by atoms with van der Waals surface area (Å²) in [6.45, 7) is 3.28. The maximum atomic E-state index is 9.61. The fourth-order valence-corrected chi connectivity index (χ4v) is 2.93. The molecule has 1 aliphatic rings. The summed E-state index contributed by atoms with van der Waals surface area (Å²) in [6.07, 6.45) is 1.57. The van der Waals surface area contributed by atoms with Crippen molar-refractivity contribution in [3.05, 3.63) is 53.5 Å². The van der Waals surface area contributed by atoms with Crippen molar-refractivity contribution >= 4 is 5.69 Å². The minimum Gasteiger partial charge on any atom is -0.462 e. The summed E-state index contributed by atoms with van der Waals surface area (Å²) in [5, 5.41) is 22.1. The van der Waals surface area contributed by atoms with E-state index >= 15 is 0 Å². The number of aliphatic hydroxyl groups excluding tert-OH is 2. The number of hydrogen-bond donors (Lipinski definition) is 3. The van der Waals surface area contributed by atoms with Crippen LogP contribution in [0.1, 0.15) is 29.9 Å². The Balaban J connectivity index is 1.61. The van der Waals surface area contributed by atoms with Gasteiger partial charge in [-0.2, -0.15) is 0 Å². The fourth-order valence-electron chi connectivity index (χ4n) is 2.93. The van der Waals surface area contributed by atoms with E-state index in [4.69, 9.17) is 9.52 Å². The fraction of sp³-hybridized carbons (Fsp3) is 0.444. The predicted molar refractivity (Wildman–Crippen MR) is 88.9 cm³/mol. The zero-order chi connectivity index (χ0) is 16.1. The Morgan fingerprint density at radius 1 is 1.09 bits per heavy atom. The first-order valence-corrected chi connectivity index (χ1v) is 8.15. The van der Waals surface area contributed by atoms with Gasteiger partial charge in [0.1, 0.15) is 18.1 Å². The Labute approximate surface area is 136 Å². The number of likely N-dealkylation sites (tertiary alicyclic amines) is 1.